The predicted molar refractivity (Wildman–Crippen MR) is 108 cm³/mol. The van der Waals surface area contributed by atoms with Crippen molar-refractivity contribution < 1.29 is 4.79 Å². The molecule has 5 nitrogen and oxygen atoms in total. The maximum absolute atomic E-state index is 12.4. The molecule has 0 bridgehead atoms. The van der Waals surface area contributed by atoms with E-state index in [2.05, 4.69) is 10.3 Å². The Bertz CT molecular complexity index is 989. The van der Waals surface area contributed by atoms with Crippen LogP contribution >= 0.6 is 23.6 Å². The third-order valence-corrected chi connectivity index (χ3v) is 5.43. The van der Waals surface area contributed by atoms with E-state index in [1.54, 1.807) is 4.57 Å². The molecule has 0 radical (unpaired) electrons. The summed E-state index contributed by atoms with van der Waals surface area (Å²) in [6.07, 6.45) is 2.99. The molecule has 1 amide bonds. The molecule has 0 fully saturated rings. The minimum absolute atomic E-state index is 0.0284. The maximum Gasteiger partial charge on any atom is 0.272 e. The summed E-state index contributed by atoms with van der Waals surface area (Å²) >= 11 is 6.71. The zero-order valence-corrected chi connectivity index (χ0v) is 16.0. The van der Waals surface area contributed by atoms with Gasteiger partial charge in [-0.15, -0.1) is 11.3 Å². The molecule has 7 heteroatoms. The van der Waals surface area contributed by atoms with Gasteiger partial charge in [0.2, 0.25) is 5.91 Å². The van der Waals surface area contributed by atoms with Crippen molar-refractivity contribution in [1.82, 2.24) is 14.9 Å². The van der Waals surface area contributed by atoms with Crippen LogP contribution in [0, 0.1) is 4.77 Å². The van der Waals surface area contributed by atoms with Gasteiger partial charge in [-0.3, -0.25) is 14.2 Å². The van der Waals surface area contributed by atoms with Crippen LogP contribution in [0.2, 0.25) is 0 Å². The van der Waals surface area contributed by atoms with Crippen molar-refractivity contribution in [2.75, 3.05) is 0 Å². The molecule has 3 aromatic rings. The third-order valence-electron chi connectivity index (χ3n) is 4.21. The van der Waals surface area contributed by atoms with Gasteiger partial charge in [-0.2, -0.15) is 0 Å². The van der Waals surface area contributed by atoms with Crippen molar-refractivity contribution in [3.8, 4) is 0 Å². The second-order valence-corrected chi connectivity index (χ2v) is 7.43. The number of hydrogen-bond donors (Lipinski definition) is 2. The maximum atomic E-state index is 12.4. The van der Waals surface area contributed by atoms with Crippen LogP contribution in [0.1, 0.15) is 31.2 Å². The molecule has 0 atom stereocenters. The van der Waals surface area contributed by atoms with Gasteiger partial charge in [-0.1, -0.05) is 36.8 Å². The van der Waals surface area contributed by atoms with Crippen LogP contribution in [0.4, 0.5) is 0 Å². The number of fused-ring (bicyclic) bond motifs is 1. The molecule has 26 heavy (non-hydrogen) atoms. The lowest BCUT2D eigenvalue weighted by Crippen LogP contribution is -2.22. The zero-order valence-electron chi connectivity index (χ0n) is 14.4. The molecule has 0 aliphatic heterocycles. The average molecular weight is 388 g/mol. The van der Waals surface area contributed by atoms with Gasteiger partial charge < -0.3 is 10.3 Å². The Hall–Kier alpha value is -2.25. The van der Waals surface area contributed by atoms with Crippen molar-refractivity contribution in [3.05, 3.63) is 62.5 Å². The molecule has 2 N–H and O–H groups in total. The van der Waals surface area contributed by atoms with Gasteiger partial charge >= 0.3 is 0 Å². The zero-order chi connectivity index (χ0) is 18.4. The summed E-state index contributed by atoms with van der Waals surface area (Å²) in [4.78, 5) is 27.4. The van der Waals surface area contributed by atoms with Gasteiger partial charge in [0.05, 0.1) is 5.52 Å². The fourth-order valence-electron chi connectivity index (χ4n) is 2.79. The van der Waals surface area contributed by atoms with E-state index in [1.165, 1.54) is 11.3 Å². The average Bonchev–Trinajstić information content (AvgIpc) is 3.11. The van der Waals surface area contributed by atoms with Gasteiger partial charge in [0.25, 0.3) is 5.56 Å². The van der Waals surface area contributed by atoms with Crippen molar-refractivity contribution in [2.24, 2.45) is 0 Å². The van der Waals surface area contributed by atoms with E-state index in [9.17, 15) is 9.59 Å². The molecule has 0 aliphatic carbocycles. The van der Waals surface area contributed by atoms with Crippen LogP contribution in [-0.2, 0) is 17.9 Å². The Morgan fingerprint density at radius 3 is 2.77 bits per heavy atom. The minimum Gasteiger partial charge on any atom is -0.352 e. The summed E-state index contributed by atoms with van der Waals surface area (Å²) in [5.74, 6) is 0.0586. The first-order valence-corrected chi connectivity index (χ1v) is 9.95. The summed E-state index contributed by atoms with van der Waals surface area (Å²) in [5, 5.41) is 4.81. The summed E-state index contributed by atoms with van der Waals surface area (Å²) < 4.78 is 2.78. The number of aromatic nitrogens is 2. The number of aromatic amines is 1. The van der Waals surface area contributed by atoms with E-state index < -0.39 is 0 Å². The molecule has 0 spiro atoms. The Morgan fingerprint density at radius 2 is 1.96 bits per heavy atom. The van der Waals surface area contributed by atoms with Crippen LogP contribution in [0.3, 0.4) is 0 Å². The molecule has 136 valence electrons. The summed E-state index contributed by atoms with van der Waals surface area (Å²) in [5.41, 5.74) is 1.87. The predicted octanol–water partition coefficient (Wildman–Crippen LogP) is 4.00. The number of thiophene rings is 1. The van der Waals surface area contributed by atoms with E-state index >= 15 is 0 Å². The highest BCUT2D eigenvalue weighted by atomic mass is 32.1. The Labute approximate surface area is 160 Å². The molecule has 2 aromatic heterocycles. The van der Waals surface area contributed by atoms with Gasteiger partial charge in [0.1, 0.15) is 4.70 Å². The third kappa shape index (κ3) is 4.68. The lowest BCUT2D eigenvalue weighted by Gasteiger charge is -2.07. The van der Waals surface area contributed by atoms with Gasteiger partial charge in [0, 0.05) is 19.5 Å². The molecule has 0 saturated heterocycles. The highest BCUT2D eigenvalue weighted by molar-refractivity contribution is 7.71. The second kappa shape index (κ2) is 8.91. The molecule has 1 aromatic carbocycles. The summed E-state index contributed by atoms with van der Waals surface area (Å²) in [6, 6.07) is 11.7. The van der Waals surface area contributed by atoms with Crippen LogP contribution in [0.25, 0.3) is 10.2 Å². The topological polar surface area (TPSA) is 66.9 Å². The summed E-state index contributed by atoms with van der Waals surface area (Å²) in [7, 11) is 0. The van der Waals surface area contributed by atoms with E-state index in [-0.39, 0.29) is 11.5 Å². The number of amides is 1. The number of nitrogens with one attached hydrogen (secondary N) is 2. The number of carbonyl (C=O) groups excluding carboxylic acids is 1. The second-order valence-electron chi connectivity index (χ2n) is 6.12. The van der Waals surface area contributed by atoms with Gasteiger partial charge in [-0.05, 0) is 42.1 Å². The normalized spacial score (nSPS) is 10.9. The molecule has 0 unspecified atom stereocenters. The number of unbranched alkanes of at least 4 members (excludes halogenated alkanes) is 2. The SMILES string of the molecule is O=C(CCCCCn1c(=S)[nH]c2ccsc2c1=O)NCc1ccccc1. The first-order valence-electron chi connectivity index (χ1n) is 8.66. The first-order chi connectivity index (χ1) is 12.6. The number of benzene rings is 1. The summed E-state index contributed by atoms with van der Waals surface area (Å²) in [6.45, 7) is 1.14. The molecular formula is C19H21N3O2S2. The standard InChI is InChI=1S/C19H21N3O2S2/c23-16(20-13-14-7-3-1-4-8-14)9-5-2-6-11-22-18(24)17-15(10-12-26-17)21-19(22)25/h1,3-4,7-8,10,12H,2,5-6,9,11,13H2,(H,20,23)(H,21,25). The molecular weight excluding hydrogens is 366 g/mol. The Kier molecular flexibility index (Phi) is 6.35. The lowest BCUT2D eigenvalue weighted by atomic mass is 10.1. The Morgan fingerprint density at radius 1 is 1.15 bits per heavy atom. The van der Waals surface area contributed by atoms with Crippen molar-refractivity contribution in [3.63, 3.8) is 0 Å². The number of nitrogens with zero attached hydrogens (tertiary/aromatic N) is 1. The van der Waals surface area contributed by atoms with E-state index in [0.717, 1.165) is 30.3 Å². The van der Waals surface area contributed by atoms with E-state index in [1.807, 2.05) is 41.8 Å². The lowest BCUT2D eigenvalue weighted by molar-refractivity contribution is -0.121. The molecule has 0 saturated carbocycles. The van der Waals surface area contributed by atoms with Crippen LogP contribution in [-0.4, -0.2) is 15.5 Å². The largest absolute Gasteiger partial charge is 0.352 e. The smallest absolute Gasteiger partial charge is 0.272 e. The van der Waals surface area contributed by atoms with Crippen LogP contribution in [0.5, 0.6) is 0 Å². The van der Waals surface area contributed by atoms with Gasteiger partial charge in [0.15, 0.2) is 4.77 Å². The quantitative estimate of drug-likeness (QED) is 0.453. The number of rotatable bonds is 8. The number of carbonyl (C=O) groups is 1. The van der Waals surface area contributed by atoms with Crippen molar-refractivity contribution in [2.45, 2.75) is 38.8 Å². The fraction of sp³-hybridized carbons (Fsp3) is 0.316. The molecule has 0 aliphatic rings. The minimum atomic E-state index is -0.0284. The van der Waals surface area contributed by atoms with E-state index in [0.29, 0.717) is 29.0 Å². The monoisotopic (exact) mass is 387 g/mol. The van der Waals surface area contributed by atoms with Crippen LogP contribution < -0.4 is 10.9 Å². The first kappa shape index (κ1) is 18.5. The molecule has 2 heterocycles. The highest BCUT2D eigenvalue weighted by Crippen LogP contribution is 2.14. The van der Waals surface area contributed by atoms with Gasteiger partial charge in [-0.25, -0.2) is 0 Å². The number of hydrogen-bond acceptors (Lipinski definition) is 4. The van der Waals surface area contributed by atoms with E-state index in [4.69, 9.17) is 12.2 Å². The van der Waals surface area contributed by atoms with Crippen LogP contribution in [0.15, 0.2) is 46.6 Å². The molecule has 3 rings (SSSR count). The Balaban J connectivity index is 1.41. The highest BCUT2D eigenvalue weighted by Gasteiger charge is 2.07. The van der Waals surface area contributed by atoms with Crippen molar-refractivity contribution >= 4 is 39.7 Å². The van der Waals surface area contributed by atoms with Crippen molar-refractivity contribution in [1.29, 1.82) is 0 Å². The number of H-pyrrole nitrogens is 1. The fourth-order valence-corrected chi connectivity index (χ4v) is 3.87.